The molecule has 4 rings (SSSR count). The number of likely N-dealkylation sites (tertiary alicyclic amines) is 2. The van der Waals surface area contributed by atoms with Crippen molar-refractivity contribution in [2.24, 2.45) is 0 Å². The van der Waals surface area contributed by atoms with Gasteiger partial charge in [-0.2, -0.15) is 0 Å². The highest BCUT2D eigenvalue weighted by Crippen LogP contribution is 2.30. The van der Waals surface area contributed by atoms with Crippen molar-refractivity contribution in [3.05, 3.63) is 40.7 Å². The molecule has 1 amide bonds. The van der Waals surface area contributed by atoms with Gasteiger partial charge < -0.3 is 9.80 Å². The number of piperidine rings is 2. The SMILES string of the molecule is Cc1nc(-c2cccc(F)c2)sc1C(=O)N1CCC(N2CCCCC2)CC1. The van der Waals surface area contributed by atoms with Crippen molar-refractivity contribution in [2.45, 2.75) is 45.1 Å². The summed E-state index contributed by atoms with van der Waals surface area (Å²) in [6.45, 7) is 5.92. The molecule has 0 atom stereocenters. The number of benzene rings is 1. The Balaban J connectivity index is 1.43. The molecule has 144 valence electrons. The summed E-state index contributed by atoms with van der Waals surface area (Å²) < 4.78 is 13.5. The van der Waals surface area contributed by atoms with E-state index in [9.17, 15) is 9.18 Å². The average Bonchev–Trinajstić information content (AvgIpc) is 3.10. The van der Waals surface area contributed by atoms with Gasteiger partial charge in [0.25, 0.3) is 5.91 Å². The van der Waals surface area contributed by atoms with Gasteiger partial charge in [-0.1, -0.05) is 18.6 Å². The first-order chi connectivity index (χ1) is 13.1. The van der Waals surface area contributed by atoms with Crippen LogP contribution < -0.4 is 0 Å². The van der Waals surface area contributed by atoms with Crippen LogP contribution in [0.4, 0.5) is 4.39 Å². The molecule has 0 N–H and O–H groups in total. The van der Waals surface area contributed by atoms with E-state index >= 15 is 0 Å². The molecule has 0 spiro atoms. The van der Waals surface area contributed by atoms with Crippen molar-refractivity contribution < 1.29 is 9.18 Å². The predicted octanol–water partition coefficient (Wildman–Crippen LogP) is 4.35. The molecule has 2 fully saturated rings. The normalized spacial score (nSPS) is 19.4. The number of rotatable bonds is 3. The van der Waals surface area contributed by atoms with Gasteiger partial charge in [0.15, 0.2) is 0 Å². The third-order valence-electron chi connectivity index (χ3n) is 5.72. The van der Waals surface area contributed by atoms with E-state index < -0.39 is 0 Å². The maximum atomic E-state index is 13.5. The number of amides is 1. The summed E-state index contributed by atoms with van der Waals surface area (Å²) >= 11 is 1.37. The highest BCUT2D eigenvalue weighted by molar-refractivity contribution is 7.17. The molecule has 0 unspecified atom stereocenters. The average molecular weight is 388 g/mol. The summed E-state index contributed by atoms with van der Waals surface area (Å²) in [5, 5.41) is 0.707. The van der Waals surface area contributed by atoms with Gasteiger partial charge in [-0.05, 0) is 57.8 Å². The van der Waals surface area contributed by atoms with Crippen molar-refractivity contribution in [1.82, 2.24) is 14.8 Å². The molecule has 1 aromatic heterocycles. The van der Waals surface area contributed by atoms with Crippen LogP contribution in [0.2, 0.25) is 0 Å². The molecule has 4 nitrogen and oxygen atoms in total. The van der Waals surface area contributed by atoms with Crippen LogP contribution in [0.1, 0.15) is 47.5 Å². The highest BCUT2D eigenvalue weighted by Gasteiger charge is 2.29. The zero-order chi connectivity index (χ0) is 18.8. The van der Waals surface area contributed by atoms with E-state index in [0.717, 1.165) is 37.2 Å². The smallest absolute Gasteiger partial charge is 0.265 e. The minimum atomic E-state index is -0.284. The number of hydrogen-bond acceptors (Lipinski definition) is 4. The number of aromatic nitrogens is 1. The summed E-state index contributed by atoms with van der Waals surface area (Å²) in [5.41, 5.74) is 1.47. The Morgan fingerprint density at radius 3 is 2.59 bits per heavy atom. The first-order valence-corrected chi connectivity index (χ1v) is 10.7. The largest absolute Gasteiger partial charge is 0.338 e. The van der Waals surface area contributed by atoms with Gasteiger partial charge in [0.2, 0.25) is 0 Å². The molecule has 2 saturated heterocycles. The van der Waals surface area contributed by atoms with E-state index in [2.05, 4.69) is 9.88 Å². The number of halogens is 1. The molecule has 2 aliphatic rings. The second-order valence-electron chi connectivity index (χ2n) is 7.56. The number of aryl methyl sites for hydroxylation is 1. The summed E-state index contributed by atoms with van der Waals surface area (Å²) in [6, 6.07) is 7.02. The van der Waals surface area contributed by atoms with Gasteiger partial charge >= 0.3 is 0 Å². The standard InChI is InChI=1S/C21H26FN3OS/c1-15-19(27-20(23-15)16-6-5-7-17(22)14-16)21(26)25-12-8-18(9-13-25)24-10-3-2-4-11-24/h5-7,14,18H,2-4,8-13H2,1H3. The molecule has 1 aromatic carbocycles. The van der Waals surface area contributed by atoms with Crippen LogP contribution in [0.15, 0.2) is 24.3 Å². The summed E-state index contributed by atoms with van der Waals surface area (Å²) in [5.74, 6) is -0.210. The lowest BCUT2D eigenvalue weighted by Gasteiger charge is -2.40. The highest BCUT2D eigenvalue weighted by atomic mass is 32.1. The molecule has 0 radical (unpaired) electrons. The van der Waals surface area contributed by atoms with Gasteiger partial charge in [0.1, 0.15) is 15.7 Å². The van der Waals surface area contributed by atoms with Gasteiger partial charge in [-0.3, -0.25) is 4.79 Å². The Morgan fingerprint density at radius 1 is 1.15 bits per heavy atom. The number of carbonyl (C=O) groups is 1. The van der Waals surface area contributed by atoms with Gasteiger partial charge in [-0.15, -0.1) is 11.3 Å². The third kappa shape index (κ3) is 4.06. The summed E-state index contributed by atoms with van der Waals surface area (Å²) in [4.78, 5) is 22.8. The Labute approximate surface area is 164 Å². The van der Waals surface area contributed by atoms with Crippen LogP contribution in [0.25, 0.3) is 10.6 Å². The van der Waals surface area contributed by atoms with Crippen LogP contribution in [0, 0.1) is 12.7 Å². The molecule has 2 aliphatic heterocycles. The van der Waals surface area contributed by atoms with Crippen molar-refractivity contribution in [3.63, 3.8) is 0 Å². The van der Waals surface area contributed by atoms with Crippen molar-refractivity contribution in [1.29, 1.82) is 0 Å². The number of carbonyl (C=O) groups excluding carboxylic acids is 1. The van der Waals surface area contributed by atoms with E-state index in [1.54, 1.807) is 6.07 Å². The van der Waals surface area contributed by atoms with Crippen LogP contribution in [0.3, 0.4) is 0 Å². The Morgan fingerprint density at radius 2 is 1.89 bits per heavy atom. The molecule has 3 heterocycles. The maximum Gasteiger partial charge on any atom is 0.265 e. The Kier molecular flexibility index (Phi) is 5.55. The number of nitrogens with zero attached hydrogens (tertiary/aromatic N) is 3. The van der Waals surface area contributed by atoms with E-state index in [4.69, 9.17) is 0 Å². The lowest BCUT2D eigenvalue weighted by molar-refractivity contribution is 0.0593. The second kappa shape index (κ2) is 8.07. The van der Waals surface area contributed by atoms with E-state index in [0.29, 0.717) is 15.9 Å². The minimum Gasteiger partial charge on any atom is -0.338 e. The Bertz CT molecular complexity index is 808. The van der Waals surface area contributed by atoms with Crippen molar-refractivity contribution in [2.75, 3.05) is 26.2 Å². The van der Waals surface area contributed by atoms with Crippen LogP contribution >= 0.6 is 11.3 Å². The fourth-order valence-corrected chi connectivity index (χ4v) is 5.23. The van der Waals surface area contributed by atoms with Crippen LogP contribution in [-0.4, -0.2) is 52.9 Å². The number of thiazole rings is 1. The fourth-order valence-electron chi connectivity index (χ4n) is 4.20. The molecule has 0 aliphatic carbocycles. The maximum absolute atomic E-state index is 13.5. The quantitative estimate of drug-likeness (QED) is 0.786. The molecule has 0 saturated carbocycles. The van der Waals surface area contributed by atoms with Gasteiger partial charge in [-0.25, -0.2) is 9.37 Å². The predicted molar refractivity (Wildman–Crippen MR) is 107 cm³/mol. The van der Waals surface area contributed by atoms with Crippen molar-refractivity contribution >= 4 is 17.2 Å². The molecular weight excluding hydrogens is 361 g/mol. The second-order valence-corrected chi connectivity index (χ2v) is 8.56. The monoisotopic (exact) mass is 387 g/mol. The Hall–Kier alpha value is -1.79. The first-order valence-electron chi connectivity index (χ1n) is 9.88. The zero-order valence-electron chi connectivity index (χ0n) is 15.8. The molecule has 0 bridgehead atoms. The van der Waals surface area contributed by atoms with Gasteiger partial charge in [0.05, 0.1) is 5.69 Å². The zero-order valence-corrected chi connectivity index (χ0v) is 16.6. The molecule has 2 aromatic rings. The van der Waals surface area contributed by atoms with E-state index in [1.165, 1.54) is 55.8 Å². The molecular formula is C21H26FN3OS. The summed E-state index contributed by atoms with van der Waals surface area (Å²) in [6.07, 6.45) is 6.08. The van der Waals surface area contributed by atoms with Crippen LogP contribution in [0.5, 0.6) is 0 Å². The molecule has 6 heteroatoms. The lowest BCUT2D eigenvalue weighted by Crippen LogP contribution is -2.48. The summed E-state index contributed by atoms with van der Waals surface area (Å²) in [7, 11) is 0. The minimum absolute atomic E-state index is 0.0738. The van der Waals surface area contributed by atoms with Gasteiger partial charge in [0, 0.05) is 24.7 Å². The molecule has 27 heavy (non-hydrogen) atoms. The van der Waals surface area contributed by atoms with Crippen molar-refractivity contribution in [3.8, 4) is 10.6 Å². The lowest BCUT2D eigenvalue weighted by atomic mass is 10.00. The third-order valence-corrected chi connectivity index (χ3v) is 6.92. The first kappa shape index (κ1) is 18.6. The fraction of sp³-hybridized carbons (Fsp3) is 0.524. The van der Waals surface area contributed by atoms with E-state index in [-0.39, 0.29) is 11.7 Å². The number of hydrogen-bond donors (Lipinski definition) is 0. The topological polar surface area (TPSA) is 36.4 Å². The van der Waals surface area contributed by atoms with E-state index in [1.807, 2.05) is 17.9 Å². The van der Waals surface area contributed by atoms with Crippen LogP contribution in [-0.2, 0) is 0 Å².